The Kier molecular flexibility index (Phi) is 3.92. The molecule has 1 aromatic carbocycles. The summed E-state index contributed by atoms with van der Waals surface area (Å²) in [7, 11) is 0. The summed E-state index contributed by atoms with van der Waals surface area (Å²) in [5.41, 5.74) is 5.29. The van der Waals surface area contributed by atoms with Crippen LogP contribution in [0.25, 0.3) is 10.1 Å². The highest BCUT2D eigenvalue weighted by Gasteiger charge is 2.11. The molecule has 3 nitrogen and oxygen atoms in total. The molecule has 0 bridgehead atoms. The maximum atomic E-state index is 11.2. The Bertz CT molecular complexity index is 594. The van der Waals surface area contributed by atoms with E-state index in [9.17, 15) is 4.79 Å². The number of carbonyl (C=O) groups is 1. The van der Waals surface area contributed by atoms with E-state index >= 15 is 0 Å². The van der Waals surface area contributed by atoms with E-state index in [1.807, 2.05) is 19.1 Å². The van der Waals surface area contributed by atoms with Crippen LogP contribution in [0.4, 0.5) is 0 Å². The first-order valence-corrected chi connectivity index (χ1v) is 7.31. The van der Waals surface area contributed by atoms with Gasteiger partial charge in [-0.05, 0) is 52.9 Å². The number of carbonyl (C=O) groups excluding carboxylic acids is 1. The number of primary amides is 1. The number of fused-ring (bicyclic) bond motifs is 1. The highest BCUT2D eigenvalue weighted by atomic mass is 79.9. The van der Waals surface area contributed by atoms with Crippen LogP contribution in [0.1, 0.15) is 29.9 Å². The second kappa shape index (κ2) is 5.28. The fourth-order valence-corrected chi connectivity index (χ4v) is 3.19. The third-order valence-corrected chi connectivity index (χ3v) is 4.79. The van der Waals surface area contributed by atoms with E-state index in [0.717, 1.165) is 26.7 Å². The predicted octanol–water partition coefficient (Wildman–Crippen LogP) is 3.94. The van der Waals surface area contributed by atoms with Crippen molar-refractivity contribution < 1.29 is 9.53 Å². The van der Waals surface area contributed by atoms with Crippen LogP contribution in [0.15, 0.2) is 22.7 Å². The number of benzene rings is 1. The molecule has 0 aliphatic heterocycles. The predicted molar refractivity (Wildman–Crippen MR) is 78.4 cm³/mol. The Balaban J connectivity index is 2.44. The van der Waals surface area contributed by atoms with E-state index in [2.05, 4.69) is 22.9 Å². The second-order valence-electron chi connectivity index (χ2n) is 4.14. The van der Waals surface area contributed by atoms with Gasteiger partial charge in [-0.2, -0.15) is 0 Å². The van der Waals surface area contributed by atoms with Gasteiger partial charge < -0.3 is 10.5 Å². The van der Waals surface area contributed by atoms with Gasteiger partial charge in [0.1, 0.15) is 5.75 Å². The summed E-state index contributed by atoms with van der Waals surface area (Å²) in [5, 5.41) is 0.974. The first-order valence-electron chi connectivity index (χ1n) is 5.70. The molecule has 2 N–H and O–H groups in total. The van der Waals surface area contributed by atoms with E-state index < -0.39 is 5.91 Å². The van der Waals surface area contributed by atoms with E-state index in [4.69, 9.17) is 10.5 Å². The van der Waals surface area contributed by atoms with Crippen molar-refractivity contribution in [2.75, 3.05) is 0 Å². The molecule has 0 aliphatic carbocycles. The van der Waals surface area contributed by atoms with Crippen molar-refractivity contribution >= 4 is 43.3 Å². The van der Waals surface area contributed by atoms with Crippen molar-refractivity contribution in [3.63, 3.8) is 0 Å². The van der Waals surface area contributed by atoms with Gasteiger partial charge in [0, 0.05) is 9.17 Å². The zero-order valence-corrected chi connectivity index (χ0v) is 12.6. The maximum absolute atomic E-state index is 11.2. The van der Waals surface area contributed by atoms with Crippen molar-refractivity contribution in [2.45, 2.75) is 26.4 Å². The summed E-state index contributed by atoms with van der Waals surface area (Å²) in [5.74, 6) is 0.407. The monoisotopic (exact) mass is 327 g/mol. The number of halogens is 1. The Morgan fingerprint density at radius 1 is 1.50 bits per heavy atom. The molecule has 0 saturated heterocycles. The standard InChI is InChI=1S/C13H14BrNO2S/c1-3-7(2)17-9-4-8-5-11(13(15)16)18-12(8)10(14)6-9/h4-7H,3H2,1-2H3,(H2,15,16). The van der Waals surface area contributed by atoms with Crippen LogP contribution in [-0.4, -0.2) is 12.0 Å². The lowest BCUT2D eigenvalue weighted by Crippen LogP contribution is -2.09. The van der Waals surface area contributed by atoms with Gasteiger partial charge in [0.25, 0.3) is 5.91 Å². The minimum Gasteiger partial charge on any atom is -0.491 e. The van der Waals surface area contributed by atoms with Crippen molar-refractivity contribution in [3.05, 3.63) is 27.5 Å². The number of ether oxygens (including phenoxy) is 1. The Labute approximate surface area is 118 Å². The van der Waals surface area contributed by atoms with E-state index in [-0.39, 0.29) is 6.10 Å². The lowest BCUT2D eigenvalue weighted by atomic mass is 10.2. The molecule has 2 rings (SSSR count). The zero-order valence-electron chi connectivity index (χ0n) is 10.2. The number of hydrogen-bond acceptors (Lipinski definition) is 3. The smallest absolute Gasteiger partial charge is 0.258 e. The van der Waals surface area contributed by atoms with Crippen LogP contribution in [0.5, 0.6) is 5.75 Å². The van der Waals surface area contributed by atoms with Gasteiger partial charge in [-0.1, -0.05) is 6.92 Å². The average Bonchev–Trinajstić information content (AvgIpc) is 2.73. The molecule has 0 fully saturated rings. The Morgan fingerprint density at radius 2 is 2.22 bits per heavy atom. The Hall–Kier alpha value is -1.07. The van der Waals surface area contributed by atoms with Crippen LogP contribution in [0, 0.1) is 0 Å². The summed E-state index contributed by atoms with van der Waals surface area (Å²) in [4.78, 5) is 11.7. The molecule has 1 amide bonds. The highest BCUT2D eigenvalue weighted by Crippen LogP contribution is 2.35. The van der Waals surface area contributed by atoms with Crippen molar-refractivity contribution in [2.24, 2.45) is 5.73 Å². The number of nitrogens with two attached hydrogens (primary N) is 1. The zero-order chi connectivity index (χ0) is 13.3. The molecule has 1 atom stereocenters. The van der Waals surface area contributed by atoms with Gasteiger partial charge in [0.2, 0.25) is 0 Å². The molecule has 5 heteroatoms. The van der Waals surface area contributed by atoms with Gasteiger partial charge >= 0.3 is 0 Å². The molecule has 0 saturated carbocycles. The molecule has 18 heavy (non-hydrogen) atoms. The van der Waals surface area contributed by atoms with Crippen LogP contribution in [0.2, 0.25) is 0 Å². The molecule has 0 aliphatic rings. The van der Waals surface area contributed by atoms with Gasteiger partial charge in [-0.25, -0.2) is 0 Å². The van der Waals surface area contributed by atoms with Crippen molar-refractivity contribution in [1.82, 2.24) is 0 Å². The lowest BCUT2D eigenvalue weighted by Gasteiger charge is -2.12. The first kappa shape index (κ1) is 13.4. The third-order valence-electron chi connectivity index (χ3n) is 2.70. The quantitative estimate of drug-likeness (QED) is 0.924. The number of hydrogen-bond donors (Lipinski definition) is 1. The normalized spacial score (nSPS) is 12.6. The summed E-state index contributed by atoms with van der Waals surface area (Å²) < 4.78 is 7.72. The molecule has 1 aromatic heterocycles. The van der Waals surface area contributed by atoms with Gasteiger partial charge in [-0.15, -0.1) is 11.3 Å². The molecule has 96 valence electrons. The van der Waals surface area contributed by atoms with Crippen molar-refractivity contribution in [3.8, 4) is 5.75 Å². The second-order valence-corrected chi connectivity index (χ2v) is 6.04. The minimum absolute atomic E-state index is 0.170. The maximum Gasteiger partial charge on any atom is 0.258 e. The Morgan fingerprint density at radius 3 is 2.83 bits per heavy atom. The number of thiophene rings is 1. The number of rotatable bonds is 4. The number of amides is 1. The molecular formula is C13H14BrNO2S. The van der Waals surface area contributed by atoms with E-state index in [0.29, 0.717) is 4.88 Å². The van der Waals surface area contributed by atoms with E-state index in [1.165, 1.54) is 11.3 Å². The summed E-state index contributed by atoms with van der Waals surface area (Å²) in [6.07, 6.45) is 1.12. The summed E-state index contributed by atoms with van der Waals surface area (Å²) >= 11 is 4.89. The lowest BCUT2D eigenvalue weighted by molar-refractivity contribution is 0.100. The van der Waals surface area contributed by atoms with Crippen LogP contribution in [0.3, 0.4) is 0 Å². The van der Waals surface area contributed by atoms with Gasteiger partial charge in [-0.3, -0.25) is 4.79 Å². The topological polar surface area (TPSA) is 52.3 Å². The minimum atomic E-state index is -0.396. The van der Waals surface area contributed by atoms with Gasteiger partial charge in [0.15, 0.2) is 0 Å². The first-order chi connectivity index (χ1) is 8.51. The summed E-state index contributed by atoms with van der Waals surface area (Å²) in [6, 6.07) is 5.67. The molecule has 1 unspecified atom stereocenters. The summed E-state index contributed by atoms with van der Waals surface area (Å²) in [6.45, 7) is 4.11. The molecule has 1 heterocycles. The molecular weight excluding hydrogens is 314 g/mol. The van der Waals surface area contributed by atoms with Gasteiger partial charge in [0.05, 0.1) is 11.0 Å². The SMILES string of the molecule is CCC(C)Oc1cc(Br)c2sc(C(N)=O)cc2c1. The molecule has 0 spiro atoms. The molecule has 2 aromatic rings. The van der Waals surface area contributed by atoms with Crippen LogP contribution in [-0.2, 0) is 0 Å². The van der Waals surface area contributed by atoms with Crippen LogP contribution >= 0.6 is 27.3 Å². The fraction of sp³-hybridized carbons (Fsp3) is 0.308. The highest BCUT2D eigenvalue weighted by molar-refractivity contribution is 9.10. The van der Waals surface area contributed by atoms with Crippen molar-refractivity contribution in [1.29, 1.82) is 0 Å². The average molecular weight is 328 g/mol. The third kappa shape index (κ3) is 2.67. The molecule has 0 radical (unpaired) electrons. The van der Waals surface area contributed by atoms with Crippen LogP contribution < -0.4 is 10.5 Å². The van der Waals surface area contributed by atoms with E-state index in [1.54, 1.807) is 6.07 Å². The fourth-order valence-electron chi connectivity index (χ4n) is 1.59. The largest absolute Gasteiger partial charge is 0.491 e.